The fraction of sp³-hybridized carbons (Fsp3) is 0.217. The molecule has 0 unspecified atom stereocenters. The zero-order chi connectivity index (χ0) is 25.1. The average Bonchev–Trinajstić information content (AvgIpc) is 3.46. The molecule has 3 aromatic heterocycles. The van der Waals surface area contributed by atoms with Gasteiger partial charge in [0.15, 0.2) is 0 Å². The molecule has 0 aliphatic carbocycles. The summed E-state index contributed by atoms with van der Waals surface area (Å²) in [6.45, 7) is 0.964. The Bertz CT molecular complexity index is 1670. The second-order valence-corrected chi connectivity index (χ2v) is 10.2. The molecule has 5 rings (SSSR count). The van der Waals surface area contributed by atoms with Crippen molar-refractivity contribution in [2.24, 2.45) is 0 Å². The van der Waals surface area contributed by atoms with Gasteiger partial charge in [-0.25, -0.2) is 22.9 Å². The number of H-pyrrole nitrogens is 3. The quantitative estimate of drug-likeness (QED) is 0.180. The van der Waals surface area contributed by atoms with Crippen molar-refractivity contribution in [1.82, 2.24) is 34.9 Å². The van der Waals surface area contributed by atoms with Crippen molar-refractivity contribution in [1.29, 1.82) is 0 Å². The van der Waals surface area contributed by atoms with E-state index in [-0.39, 0.29) is 5.69 Å². The van der Waals surface area contributed by atoms with Crippen molar-refractivity contribution in [3.8, 4) is 0 Å². The van der Waals surface area contributed by atoms with E-state index in [4.69, 9.17) is 4.98 Å². The van der Waals surface area contributed by atoms with Gasteiger partial charge in [0.05, 0.1) is 34.7 Å². The van der Waals surface area contributed by atoms with E-state index < -0.39 is 10.0 Å². The van der Waals surface area contributed by atoms with Crippen LogP contribution < -0.4 is 20.6 Å². The first kappa shape index (κ1) is 23.5. The lowest BCUT2D eigenvalue weighted by atomic mass is 10.2. The number of benzene rings is 2. The topological polar surface area (TPSA) is 165 Å². The number of unbranched alkanes of at least 4 members (excludes halogenated alkanes) is 1. The largest absolute Gasteiger partial charge is 0.326 e. The molecule has 3 heterocycles. The van der Waals surface area contributed by atoms with Crippen LogP contribution in [0, 0.1) is 0 Å². The van der Waals surface area contributed by atoms with Gasteiger partial charge in [-0.05, 0) is 49.2 Å². The molecule has 0 saturated heterocycles. The minimum atomic E-state index is -3.22. The van der Waals surface area contributed by atoms with Crippen LogP contribution in [0.4, 0.5) is 23.1 Å². The minimum absolute atomic E-state index is 0.267. The summed E-state index contributed by atoms with van der Waals surface area (Å²) in [6, 6.07) is 13.2. The van der Waals surface area contributed by atoms with E-state index >= 15 is 0 Å². The number of nitrogens with zero attached hydrogens (tertiary/aromatic N) is 4. The SMILES string of the molecule is CS(=O)(=O)NCCCCN(c1ccnc(Nc2ccc3[nH]c(=O)[nH]c3c2)n1)c1cccc2[nH]ncc12. The predicted molar refractivity (Wildman–Crippen MR) is 139 cm³/mol. The van der Waals surface area contributed by atoms with Crippen molar-refractivity contribution in [3.63, 3.8) is 0 Å². The Kier molecular flexibility index (Phi) is 6.40. The third-order valence-corrected chi connectivity index (χ3v) is 6.34. The van der Waals surface area contributed by atoms with Gasteiger partial charge in [-0.2, -0.15) is 10.1 Å². The van der Waals surface area contributed by atoms with E-state index in [0.29, 0.717) is 42.3 Å². The van der Waals surface area contributed by atoms with Crippen LogP contribution in [-0.4, -0.2) is 57.9 Å². The minimum Gasteiger partial charge on any atom is -0.326 e. The first-order valence-electron chi connectivity index (χ1n) is 11.3. The Balaban J connectivity index is 1.41. The van der Waals surface area contributed by atoms with Crippen LogP contribution in [-0.2, 0) is 10.0 Å². The van der Waals surface area contributed by atoms with Gasteiger partial charge in [0, 0.05) is 30.4 Å². The van der Waals surface area contributed by atoms with Gasteiger partial charge in [0.25, 0.3) is 0 Å². The second-order valence-electron chi connectivity index (χ2n) is 8.34. The maximum atomic E-state index is 11.6. The molecule has 0 aliphatic heterocycles. The number of aromatic nitrogens is 6. The van der Waals surface area contributed by atoms with Crippen molar-refractivity contribution in [2.75, 3.05) is 29.6 Å². The lowest BCUT2D eigenvalue weighted by molar-refractivity contribution is 0.583. The Labute approximate surface area is 206 Å². The zero-order valence-electron chi connectivity index (χ0n) is 19.4. The van der Waals surface area contributed by atoms with E-state index in [1.54, 1.807) is 18.5 Å². The summed E-state index contributed by atoms with van der Waals surface area (Å²) in [7, 11) is -3.22. The zero-order valence-corrected chi connectivity index (χ0v) is 20.3. The predicted octanol–water partition coefficient (Wildman–Crippen LogP) is 2.73. The number of hydrogen-bond donors (Lipinski definition) is 5. The van der Waals surface area contributed by atoms with Crippen LogP contribution in [0.3, 0.4) is 0 Å². The lowest BCUT2D eigenvalue weighted by Gasteiger charge is -2.25. The van der Waals surface area contributed by atoms with Crippen LogP contribution in [0.2, 0.25) is 0 Å². The monoisotopic (exact) mass is 507 g/mol. The maximum absolute atomic E-state index is 11.6. The number of fused-ring (bicyclic) bond motifs is 2. The van der Waals surface area contributed by atoms with Gasteiger partial charge in [0.2, 0.25) is 16.0 Å². The van der Waals surface area contributed by atoms with E-state index in [9.17, 15) is 13.2 Å². The first-order valence-corrected chi connectivity index (χ1v) is 13.2. The molecule has 5 aromatic rings. The molecule has 0 radical (unpaired) electrons. The fourth-order valence-electron chi connectivity index (χ4n) is 4.00. The van der Waals surface area contributed by atoms with E-state index in [0.717, 1.165) is 35.0 Å². The Hall–Kier alpha value is -4.23. The van der Waals surface area contributed by atoms with E-state index in [1.807, 2.05) is 36.4 Å². The van der Waals surface area contributed by atoms with Gasteiger partial charge in [0.1, 0.15) is 5.82 Å². The number of aromatic amines is 3. The lowest BCUT2D eigenvalue weighted by Crippen LogP contribution is -2.25. The molecule has 186 valence electrons. The third-order valence-electron chi connectivity index (χ3n) is 5.61. The van der Waals surface area contributed by atoms with Gasteiger partial charge >= 0.3 is 5.69 Å². The smallest absolute Gasteiger partial charge is 0.323 e. The molecular weight excluding hydrogens is 482 g/mol. The molecule has 0 spiro atoms. The van der Waals surface area contributed by atoms with Crippen LogP contribution in [0.15, 0.2) is 59.7 Å². The highest BCUT2D eigenvalue weighted by Crippen LogP contribution is 2.31. The van der Waals surface area contributed by atoms with Gasteiger partial charge in [-0.15, -0.1) is 0 Å². The first-order chi connectivity index (χ1) is 17.4. The van der Waals surface area contributed by atoms with Gasteiger partial charge in [-0.3, -0.25) is 5.10 Å². The maximum Gasteiger partial charge on any atom is 0.323 e. The summed E-state index contributed by atoms with van der Waals surface area (Å²) in [5, 5.41) is 11.3. The van der Waals surface area contributed by atoms with Gasteiger partial charge in [-0.1, -0.05) is 6.07 Å². The molecule has 0 bridgehead atoms. The fourth-order valence-corrected chi connectivity index (χ4v) is 4.51. The summed E-state index contributed by atoms with van der Waals surface area (Å²) in [4.78, 5) is 28.2. The molecule has 13 heteroatoms. The van der Waals surface area contributed by atoms with Crippen molar-refractivity contribution >= 4 is 55.1 Å². The highest BCUT2D eigenvalue weighted by Gasteiger charge is 2.16. The number of rotatable bonds is 10. The number of hydrogen-bond acceptors (Lipinski definition) is 8. The molecule has 0 aliphatic rings. The summed E-state index contributed by atoms with van der Waals surface area (Å²) < 4.78 is 25.3. The average molecular weight is 508 g/mol. The Morgan fingerprint density at radius 1 is 1.03 bits per heavy atom. The molecule has 0 fully saturated rings. The van der Waals surface area contributed by atoms with Crippen molar-refractivity contribution < 1.29 is 8.42 Å². The van der Waals surface area contributed by atoms with E-state index in [1.165, 1.54) is 0 Å². The highest BCUT2D eigenvalue weighted by atomic mass is 32.2. The molecule has 2 aromatic carbocycles. The molecule has 0 saturated carbocycles. The molecule has 0 amide bonds. The molecular formula is C23H25N9O3S. The molecule has 5 N–H and O–H groups in total. The van der Waals surface area contributed by atoms with Crippen molar-refractivity contribution in [2.45, 2.75) is 12.8 Å². The highest BCUT2D eigenvalue weighted by molar-refractivity contribution is 7.88. The number of imidazole rings is 1. The normalized spacial score (nSPS) is 11.8. The number of sulfonamides is 1. The Morgan fingerprint density at radius 3 is 2.75 bits per heavy atom. The van der Waals surface area contributed by atoms with E-state index in [2.05, 4.69) is 40.1 Å². The van der Waals surface area contributed by atoms with Crippen LogP contribution in [0.5, 0.6) is 0 Å². The van der Waals surface area contributed by atoms with Gasteiger partial charge < -0.3 is 20.2 Å². The third kappa shape index (κ3) is 5.37. The molecule has 0 atom stereocenters. The standard InChI is InChI=1S/C23H25N9O3S/c1-36(34,35)26-10-2-3-12-32(20-6-4-5-17-16(20)14-25-31-17)21-9-11-24-22(30-21)27-15-7-8-18-19(13-15)29-23(33)28-18/h4-9,11,13-14,26H,2-3,10,12H2,1H3,(H,25,31)(H,24,27,30)(H2,28,29,33). The molecule has 36 heavy (non-hydrogen) atoms. The van der Waals surface area contributed by atoms with Crippen molar-refractivity contribution in [3.05, 3.63) is 65.3 Å². The number of nitrogens with one attached hydrogen (secondary N) is 5. The summed E-state index contributed by atoms with van der Waals surface area (Å²) in [5.74, 6) is 1.07. The Morgan fingerprint density at radius 2 is 1.89 bits per heavy atom. The van der Waals surface area contributed by atoms with Crippen LogP contribution in [0.25, 0.3) is 21.9 Å². The van der Waals surface area contributed by atoms with Crippen LogP contribution >= 0.6 is 0 Å². The van der Waals surface area contributed by atoms with Crippen LogP contribution in [0.1, 0.15) is 12.8 Å². The summed E-state index contributed by atoms with van der Waals surface area (Å²) >= 11 is 0. The summed E-state index contributed by atoms with van der Waals surface area (Å²) in [5.41, 5.74) is 3.68. The second kappa shape index (κ2) is 9.79. The molecule has 12 nitrogen and oxygen atoms in total. The summed E-state index contributed by atoms with van der Waals surface area (Å²) in [6.07, 6.45) is 5.99. The number of anilines is 4.